The van der Waals surface area contributed by atoms with Crippen LogP contribution in [0.25, 0.3) is 0 Å². The summed E-state index contributed by atoms with van der Waals surface area (Å²) in [6.07, 6.45) is 1.16. The molecule has 0 saturated carbocycles. The summed E-state index contributed by atoms with van der Waals surface area (Å²) in [6, 6.07) is 11.2. The summed E-state index contributed by atoms with van der Waals surface area (Å²) in [4.78, 5) is 1.53. The van der Waals surface area contributed by atoms with Crippen molar-refractivity contribution in [1.29, 1.82) is 0 Å². The molecule has 0 aliphatic carbocycles. The smallest absolute Gasteiger partial charge is 0.0588 e. The van der Waals surface area contributed by atoms with E-state index in [-0.39, 0.29) is 0 Å². The largest absolute Gasteiger partial charge is 0.306 e. The minimum absolute atomic E-state index is 0.368. The minimum Gasteiger partial charge on any atom is -0.306 e. The number of hydrogen-bond donors (Lipinski definition) is 1. The third-order valence-corrected chi connectivity index (χ3v) is 4.46. The van der Waals surface area contributed by atoms with Crippen LogP contribution in [0, 0.1) is 0 Å². The van der Waals surface area contributed by atoms with Crippen LogP contribution in [0.1, 0.15) is 22.0 Å². The quantitative estimate of drug-likeness (QED) is 0.844. The number of hydrogen-bond acceptors (Lipinski definition) is 2. The molecule has 3 rings (SSSR count). The zero-order valence-corrected chi connectivity index (χ0v) is 11.1. The number of nitrogens with one attached hydrogen (secondary N) is 1. The van der Waals surface area contributed by atoms with E-state index in [9.17, 15) is 0 Å². The topological polar surface area (TPSA) is 12.0 Å². The molecule has 0 amide bonds. The second-order valence-corrected chi connectivity index (χ2v) is 5.91. The van der Waals surface area contributed by atoms with Crippen molar-refractivity contribution in [3.8, 4) is 0 Å². The predicted octanol–water partition coefficient (Wildman–Crippen LogP) is 3.75. The highest BCUT2D eigenvalue weighted by Gasteiger charge is 2.21. The SMILES string of the molecule is Brc1cccc(C2NCCc3sccc32)c1. The van der Waals surface area contributed by atoms with Crippen molar-refractivity contribution < 1.29 is 0 Å². The highest BCUT2D eigenvalue weighted by molar-refractivity contribution is 9.10. The van der Waals surface area contributed by atoms with Gasteiger partial charge >= 0.3 is 0 Å². The summed E-state index contributed by atoms with van der Waals surface area (Å²) in [6.45, 7) is 1.07. The monoisotopic (exact) mass is 293 g/mol. The molecule has 2 aromatic rings. The van der Waals surface area contributed by atoms with Crippen LogP contribution in [0.4, 0.5) is 0 Å². The molecular weight excluding hydrogens is 282 g/mol. The van der Waals surface area contributed by atoms with Crippen molar-refractivity contribution >= 4 is 27.3 Å². The second kappa shape index (κ2) is 4.32. The van der Waals surface area contributed by atoms with Gasteiger partial charge in [-0.25, -0.2) is 0 Å². The Bertz CT molecular complexity index is 506. The van der Waals surface area contributed by atoms with Crippen molar-refractivity contribution in [3.63, 3.8) is 0 Å². The summed E-state index contributed by atoms with van der Waals surface area (Å²) < 4.78 is 1.15. The molecule has 0 saturated heterocycles. The van der Waals surface area contributed by atoms with Crippen LogP contribution in [-0.4, -0.2) is 6.54 Å². The number of benzene rings is 1. The van der Waals surface area contributed by atoms with E-state index < -0.39 is 0 Å². The van der Waals surface area contributed by atoms with Crippen LogP contribution in [0.15, 0.2) is 40.2 Å². The van der Waals surface area contributed by atoms with Gasteiger partial charge in [0.15, 0.2) is 0 Å². The van der Waals surface area contributed by atoms with Crippen LogP contribution in [-0.2, 0) is 6.42 Å². The maximum absolute atomic E-state index is 3.59. The Morgan fingerprint density at radius 1 is 1.31 bits per heavy atom. The predicted molar refractivity (Wildman–Crippen MR) is 72.0 cm³/mol. The van der Waals surface area contributed by atoms with Crippen LogP contribution >= 0.6 is 27.3 Å². The molecule has 1 aliphatic rings. The molecule has 0 bridgehead atoms. The average Bonchev–Trinajstić information content (AvgIpc) is 2.76. The van der Waals surface area contributed by atoms with Gasteiger partial charge in [-0.1, -0.05) is 28.1 Å². The van der Waals surface area contributed by atoms with Gasteiger partial charge in [-0.2, -0.15) is 0 Å². The van der Waals surface area contributed by atoms with E-state index in [0.29, 0.717) is 6.04 Å². The van der Waals surface area contributed by atoms with Gasteiger partial charge in [-0.15, -0.1) is 11.3 Å². The van der Waals surface area contributed by atoms with E-state index in [4.69, 9.17) is 0 Å². The van der Waals surface area contributed by atoms with E-state index in [1.54, 1.807) is 0 Å². The molecule has 2 heterocycles. The number of halogens is 1. The molecule has 0 radical (unpaired) electrons. The molecule has 16 heavy (non-hydrogen) atoms. The number of fused-ring (bicyclic) bond motifs is 1. The maximum atomic E-state index is 3.59. The Morgan fingerprint density at radius 3 is 3.12 bits per heavy atom. The molecule has 1 N–H and O–H groups in total. The first-order chi connectivity index (χ1) is 7.84. The molecule has 1 unspecified atom stereocenters. The molecule has 1 atom stereocenters. The van der Waals surface area contributed by atoms with Crippen LogP contribution in [0.5, 0.6) is 0 Å². The Labute approximate surface area is 108 Å². The standard InChI is InChI=1S/C13H12BrNS/c14-10-3-1-2-9(8-10)13-11-5-7-16-12(11)4-6-15-13/h1-3,5,7-8,13,15H,4,6H2. The van der Waals surface area contributed by atoms with Crippen LogP contribution in [0.2, 0.25) is 0 Å². The van der Waals surface area contributed by atoms with Crippen molar-refractivity contribution in [2.75, 3.05) is 6.54 Å². The minimum atomic E-state index is 0.368. The lowest BCUT2D eigenvalue weighted by Crippen LogP contribution is -2.29. The summed E-state index contributed by atoms with van der Waals surface area (Å²) in [5, 5.41) is 5.79. The van der Waals surface area contributed by atoms with Gasteiger partial charge in [-0.3, -0.25) is 0 Å². The van der Waals surface area contributed by atoms with E-state index >= 15 is 0 Å². The summed E-state index contributed by atoms with van der Waals surface area (Å²) in [5.41, 5.74) is 2.79. The van der Waals surface area contributed by atoms with Crippen molar-refractivity contribution in [3.05, 3.63) is 56.2 Å². The zero-order valence-electron chi connectivity index (χ0n) is 8.74. The molecule has 1 aliphatic heterocycles. The van der Waals surface area contributed by atoms with Gasteiger partial charge < -0.3 is 5.32 Å². The fourth-order valence-corrected chi connectivity index (χ4v) is 3.57. The zero-order chi connectivity index (χ0) is 11.0. The van der Waals surface area contributed by atoms with Gasteiger partial charge in [0.05, 0.1) is 6.04 Å². The van der Waals surface area contributed by atoms with Gasteiger partial charge in [0.1, 0.15) is 0 Å². The van der Waals surface area contributed by atoms with Crippen LogP contribution < -0.4 is 5.32 Å². The fraction of sp³-hybridized carbons (Fsp3) is 0.231. The third kappa shape index (κ3) is 1.83. The Kier molecular flexibility index (Phi) is 2.84. The van der Waals surface area contributed by atoms with Gasteiger partial charge in [-0.05, 0) is 41.1 Å². The molecule has 0 spiro atoms. The second-order valence-electron chi connectivity index (χ2n) is 3.99. The molecular formula is C13H12BrNS. The average molecular weight is 294 g/mol. The Balaban J connectivity index is 2.04. The first kappa shape index (κ1) is 10.5. The summed E-state index contributed by atoms with van der Waals surface area (Å²) >= 11 is 5.41. The summed E-state index contributed by atoms with van der Waals surface area (Å²) in [5.74, 6) is 0. The van der Waals surface area contributed by atoms with Gasteiger partial charge in [0, 0.05) is 15.9 Å². The molecule has 1 aromatic heterocycles. The van der Waals surface area contributed by atoms with Crippen molar-refractivity contribution in [1.82, 2.24) is 5.32 Å². The van der Waals surface area contributed by atoms with E-state index in [1.807, 2.05) is 11.3 Å². The Morgan fingerprint density at radius 2 is 2.25 bits per heavy atom. The maximum Gasteiger partial charge on any atom is 0.0588 e. The van der Waals surface area contributed by atoms with E-state index in [1.165, 1.54) is 16.0 Å². The Hall–Kier alpha value is -0.640. The summed E-state index contributed by atoms with van der Waals surface area (Å²) in [7, 11) is 0. The van der Waals surface area contributed by atoms with E-state index in [2.05, 4.69) is 57.0 Å². The van der Waals surface area contributed by atoms with Crippen molar-refractivity contribution in [2.24, 2.45) is 0 Å². The highest BCUT2D eigenvalue weighted by atomic mass is 79.9. The molecule has 1 aromatic carbocycles. The number of rotatable bonds is 1. The molecule has 0 fully saturated rings. The first-order valence-electron chi connectivity index (χ1n) is 5.40. The lowest BCUT2D eigenvalue weighted by Gasteiger charge is -2.24. The van der Waals surface area contributed by atoms with E-state index in [0.717, 1.165) is 17.4 Å². The normalized spacial score (nSPS) is 19.4. The fourth-order valence-electron chi connectivity index (χ4n) is 2.23. The molecule has 3 heteroatoms. The van der Waals surface area contributed by atoms with Gasteiger partial charge in [0.2, 0.25) is 0 Å². The lowest BCUT2D eigenvalue weighted by molar-refractivity contribution is 0.574. The molecule has 1 nitrogen and oxygen atoms in total. The van der Waals surface area contributed by atoms with Crippen LogP contribution in [0.3, 0.4) is 0 Å². The van der Waals surface area contributed by atoms with Crippen molar-refractivity contribution in [2.45, 2.75) is 12.5 Å². The third-order valence-electron chi connectivity index (χ3n) is 2.97. The highest BCUT2D eigenvalue weighted by Crippen LogP contribution is 2.32. The lowest BCUT2D eigenvalue weighted by atomic mass is 9.96. The molecule has 82 valence electrons. The first-order valence-corrected chi connectivity index (χ1v) is 7.07. The number of thiophene rings is 1. The van der Waals surface area contributed by atoms with Gasteiger partial charge in [0.25, 0.3) is 0 Å².